The van der Waals surface area contributed by atoms with E-state index in [0.717, 1.165) is 22.5 Å². The van der Waals surface area contributed by atoms with Crippen LogP contribution in [0.3, 0.4) is 0 Å². The summed E-state index contributed by atoms with van der Waals surface area (Å²) in [5, 5.41) is 3.14. The molecule has 3 aromatic rings. The number of nitrogens with one attached hydrogen (secondary N) is 1. The van der Waals surface area contributed by atoms with Gasteiger partial charge in [-0.3, -0.25) is 4.98 Å². The first-order valence-corrected chi connectivity index (χ1v) is 5.83. The third-order valence-electron chi connectivity index (χ3n) is 2.66. The van der Waals surface area contributed by atoms with Crippen molar-refractivity contribution in [2.45, 2.75) is 13.5 Å². The molecule has 0 saturated carbocycles. The van der Waals surface area contributed by atoms with E-state index >= 15 is 0 Å². The van der Waals surface area contributed by atoms with Crippen molar-refractivity contribution in [1.82, 2.24) is 9.97 Å². The Morgan fingerprint density at radius 2 is 1.94 bits per heavy atom. The SMILES string of the molecule is Cc1cccc(CNc2nc3ccccc3o2)n1. The molecular weight excluding hydrogens is 226 g/mol. The van der Waals surface area contributed by atoms with Gasteiger partial charge >= 0.3 is 0 Å². The fourth-order valence-electron chi connectivity index (χ4n) is 1.81. The monoisotopic (exact) mass is 239 g/mol. The Hall–Kier alpha value is -2.36. The highest BCUT2D eigenvalue weighted by Gasteiger charge is 2.04. The average molecular weight is 239 g/mol. The molecule has 1 aromatic carbocycles. The van der Waals surface area contributed by atoms with Crippen molar-refractivity contribution in [3.8, 4) is 0 Å². The predicted molar refractivity (Wildman–Crippen MR) is 70.3 cm³/mol. The zero-order chi connectivity index (χ0) is 12.4. The van der Waals surface area contributed by atoms with Gasteiger partial charge in [0.2, 0.25) is 0 Å². The predicted octanol–water partition coefficient (Wildman–Crippen LogP) is 3.14. The van der Waals surface area contributed by atoms with Gasteiger partial charge in [0.05, 0.1) is 12.2 Å². The van der Waals surface area contributed by atoms with Crippen LogP contribution in [0, 0.1) is 6.92 Å². The van der Waals surface area contributed by atoms with E-state index in [1.807, 2.05) is 49.4 Å². The number of nitrogens with zero attached hydrogens (tertiary/aromatic N) is 2. The summed E-state index contributed by atoms with van der Waals surface area (Å²) < 4.78 is 5.57. The largest absolute Gasteiger partial charge is 0.424 e. The Bertz CT molecular complexity index is 642. The van der Waals surface area contributed by atoms with Crippen molar-refractivity contribution < 1.29 is 4.42 Å². The van der Waals surface area contributed by atoms with Crippen molar-refractivity contribution in [3.05, 3.63) is 53.9 Å². The summed E-state index contributed by atoms with van der Waals surface area (Å²) in [5.74, 6) is 0. The summed E-state index contributed by atoms with van der Waals surface area (Å²) in [6.07, 6.45) is 0. The molecule has 0 bridgehead atoms. The van der Waals surface area contributed by atoms with Crippen molar-refractivity contribution in [2.75, 3.05) is 5.32 Å². The Kier molecular flexibility index (Phi) is 2.68. The van der Waals surface area contributed by atoms with E-state index in [4.69, 9.17) is 4.42 Å². The Morgan fingerprint density at radius 1 is 1.06 bits per heavy atom. The fraction of sp³-hybridized carbons (Fsp3) is 0.143. The third-order valence-corrected chi connectivity index (χ3v) is 2.66. The van der Waals surface area contributed by atoms with Crippen LogP contribution in [0.15, 0.2) is 46.9 Å². The number of hydrogen-bond acceptors (Lipinski definition) is 4. The lowest BCUT2D eigenvalue weighted by molar-refractivity contribution is 0.613. The average Bonchev–Trinajstić information content (AvgIpc) is 2.79. The van der Waals surface area contributed by atoms with Gasteiger partial charge in [0, 0.05) is 5.69 Å². The lowest BCUT2D eigenvalue weighted by atomic mass is 10.3. The molecule has 1 N–H and O–H groups in total. The molecule has 0 aliphatic rings. The smallest absolute Gasteiger partial charge is 0.296 e. The lowest BCUT2D eigenvalue weighted by Crippen LogP contribution is -2.02. The molecule has 0 radical (unpaired) electrons. The summed E-state index contributed by atoms with van der Waals surface area (Å²) in [7, 11) is 0. The summed E-state index contributed by atoms with van der Waals surface area (Å²) >= 11 is 0. The van der Waals surface area contributed by atoms with E-state index in [1.165, 1.54) is 0 Å². The molecule has 0 saturated heterocycles. The molecular formula is C14H13N3O. The van der Waals surface area contributed by atoms with Crippen molar-refractivity contribution in [3.63, 3.8) is 0 Å². The van der Waals surface area contributed by atoms with Crippen LogP contribution in [0.2, 0.25) is 0 Å². The molecule has 4 heteroatoms. The van der Waals surface area contributed by atoms with Gasteiger partial charge in [-0.2, -0.15) is 4.98 Å². The third kappa shape index (κ3) is 2.18. The van der Waals surface area contributed by atoms with Crippen molar-refractivity contribution in [1.29, 1.82) is 0 Å². The summed E-state index contributed by atoms with van der Waals surface area (Å²) in [6.45, 7) is 2.58. The second kappa shape index (κ2) is 4.49. The van der Waals surface area contributed by atoms with E-state index < -0.39 is 0 Å². The zero-order valence-corrected chi connectivity index (χ0v) is 10.1. The first kappa shape index (κ1) is 10.8. The molecule has 0 spiro atoms. The van der Waals surface area contributed by atoms with Gasteiger partial charge in [-0.25, -0.2) is 0 Å². The molecule has 0 atom stereocenters. The number of oxazole rings is 1. The van der Waals surface area contributed by atoms with Gasteiger partial charge in [0.1, 0.15) is 5.52 Å². The standard InChI is InChI=1S/C14H13N3O/c1-10-5-4-6-11(16-10)9-15-14-17-12-7-2-3-8-13(12)18-14/h2-8H,9H2,1H3,(H,15,17). The molecule has 3 rings (SSSR count). The molecule has 0 aliphatic heterocycles. The van der Waals surface area contributed by atoms with E-state index in [2.05, 4.69) is 15.3 Å². The number of para-hydroxylation sites is 2. The Balaban J connectivity index is 1.76. The van der Waals surface area contributed by atoms with E-state index in [9.17, 15) is 0 Å². The molecule has 18 heavy (non-hydrogen) atoms. The normalized spacial score (nSPS) is 10.7. The first-order chi connectivity index (χ1) is 8.81. The number of aromatic nitrogens is 2. The highest BCUT2D eigenvalue weighted by atomic mass is 16.4. The molecule has 0 unspecified atom stereocenters. The summed E-state index contributed by atoms with van der Waals surface area (Å²) in [6, 6.07) is 14.2. The molecule has 2 aromatic heterocycles. The van der Waals surface area contributed by atoms with Gasteiger partial charge in [0.15, 0.2) is 5.58 Å². The maximum Gasteiger partial charge on any atom is 0.296 e. The van der Waals surface area contributed by atoms with Gasteiger partial charge in [-0.05, 0) is 31.2 Å². The van der Waals surface area contributed by atoms with Crippen LogP contribution in [0.1, 0.15) is 11.4 Å². The molecule has 2 heterocycles. The lowest BCUT2D eigenvalue weighted by Gasteiger charge is -2.01. The number of fused-ring (bicyclic) bond motifs is 1. The van der Waals surface area contributed by atoms with Gasteiger partial charge in [-0.1, -0.05) is 18.2 Å². The van der Waals surface area contributed by atoms with Crippen LogP contribution in [0.25, 0.3) is 11.1 Å². The highest BCUT2D eigenvalue weighted by molar-refractivity contribution is 5.74. The highest BCUT2D eigenvalue weighted by Crippen LogP contribution is 2.18. The summed E-state index contributed by atoms with van der Waals surface area (Å²) in [4.78, 5) is 8.75. The van der Waals surface area contributed by atoms with Crippen LogP contribution in [0.4, 0.5) is 6.01 Å². The van der Waals surface area contributed by atoms with Crippen LogP contribution in [-0.2, 0) is 6.54 Å². The number of aryl methyl sites for hydroxylation is 1. The molecule has 0 amide bonds. The van der Waals surface area contributed by atoms with Crippen molar-refractivity contribution >= 4 is 17.1 Å². The number of pyridine rings is 1. The minimum Gasteiger partial charge on any atom is -0.424 e. The fourth-order valence-corrected chi connectivity index (χ4v) is 1.81. The second-order valence-electron chi connectivity index (χ2n) is 4.11. The maximum atomic E-state index is 5.57. The summed E-state index contributed by atoms with van der Waals surface area (Å²) in [5.41, 5.74) is 3.62. The molecule has 0 aliphatic carbocycles. The molecule has 0 fully saturated rings. The van der Waals surface area contributed by atoms with Gasteiger partial charge in [-0.15, -0.1) is 0 Å². The van der Waals surface area contributed by atoms with Crippen LogP contribution in [-0.4, -0.2) is 9.97 Å². The topological polar surface area (TPSA) is 51.0 Å². The minimum atomic E-state index is 0.527. The van der Waals surface area contributed by atoms with E-state index in [1.54, 1.807) is 0 Å². The Morgan fingerprint density at radius 3 is 2.78 bits per heavy atom. The van der Waals surface area contributed by atoms with Crippen molar-refractivity contribution in [2.24, 2.45) is 0 Å². The van der Waals surface area contributed by atoms with E-state index in [-0.39, 0.29) is 0 Å². The van der Waals surface area contributed by atoms with Gasteiger partial charge < -0.3 is 9.73 Å². The van der Waals surface area contributed by atoms with Gasteiger partial charge in [0.25, 0.3) is 6.01 Å². The van der Waals surface area contributed by atoms with Crippen LogP contribution in [0.5, 0.6) is 0 Å². The number of rotatable bonds is 3. The van der Waals surface area contributed by atoms with E-state index in [0.29, 0.717) is 12.6 Å². The number of anilines is 1. The molecule has 90 valence electrons. The van der Waals surface area contributed by atoms with Crippen LogP contribution >= 0.6 is 0 Å². The zero-order valence-electron chi connectivity index (χ0n) is 10.1. The second-order valence-corrected chi connectivity index (χ2v) is 4.11. The first-order valence-electron chi connectivity index (χ1n) is 5.83. The maximum absolute atomic E-state index is 5.57. The molecule has 4 nitrogen and oxygen atoms in total. The Labute approximate surface area is 105 Å². The quantitative estimate of drug-likeness (QED) is 0.762. The number of hydrogen-bond donors (Lipinski definition) is 1. The van der Waals surface area contributed by atoms with Crippen LogP contribution < -0.4 is 5.32 Å². The number of benzene rings is 1. The minimum absolute atomic E-state index is 0.527.